The Morgan fingerprint density at radius 3 is 0.365 bits per heavy atom. The van der Waals surface area contributed by atoms with Crippen LogP contribution < -0.4 is 0 Å². The van der Waals surface area contributed by atoms with E-state index >= 15 is 0 Å². The Balaban J connectivity index is 4.47. The lowest BCUT2D eigenvalue weighted by molar-refractivity contribution is 0.528. The highest BCUT2D eigenvalue weighted by atomic mass is 31.2. The molecule has 0 aromatic heterocycles. The third-order valence-electron chi connectivity index (χ3n) is 15.4. The Morgan fingerprint density at radius 1 is 0.127 bits per heavy atom. The largest absolute Gasteiger partial charge is 0.0654 e. The van der Waals surface area contributed by atoms with Crippen molar-refractivity contribution >= 4 is 7.26 Å². The summed E-state index contributed by atoms with van der Waals surface area (Å²) in [5, 5.41) is 0. The summed E-state index contributed by atoms with van der Waals surface area (Å²) in [5.74, 6) is 0. The SMILES string of the molecule is CCCCCCCCCCCCCCCCCCC[P+](CCCCC)(CCCCCCCCCCCCCCCCCCC)CCCCCCCCCCCCCCCCCCC. The van der Waals surface area contributed by atoms with Gasteiger partial charge in [-0.3, -0.25) is 0 Å². The number of rotatable bonds is 58. The molecule has 0 spiro atoms. The van der Waals surface area contributed by atoms with Gasteiger partial charge in [0.1, 0.15) is 0 Å². The fourth-order valence-corrected chi connectivity index (χ4v) is 15.8. The van der Waals surface area contributed by atoms with Crippen LogP contribution in [0.3, 0.4) is 0 Å². The van der Waals surface area contributed by atoms with Gasteiger partial charge in [-0.2, -0.15) is 0 Å². The fourth-order valence-electron chi connectivity index (χ4n) is 10.9. The van der Waals surface area contributed by atoms with Crippen molar-refractivity contribution in [3.63, 3.8) is 0 Å². The second kappa shape index (κ2) is 56.8. The van der Waals surface area contributed by atoms with E-state index in [1.54, 1.807) is 50.3 Å². The molecule has 0 bridgehead atoms. The van der Waals surface area contributed by atoms with Gasteiger partial charge < -0.3 is 0 Å². The lowest BCUT2D eigenvalue weighted by Crippen LogP contribution is -2.13. The summed E-state index contributed by atoms with van der Waals surface area (Å²) < 4.78 is 0. The molecule has 0 atom stereocenters. The van der Waals surface area contributed by atoms with Crippen LogP contribution in [0.2, 0.25) is 0 Å². The minimum absolute atomic E-state index is 0.795. The molecule has 0 aliphatic heterocycles. The molecule has 0 heterocycles. The number of hydrogen-bond donors (Lipinski definition) is 0. The van der Waals surface area contributed by atoms with Gasteiger partial charge in [0.2, 0.25) is 0 Å². The van der Waals surface area contributed by atoms with E-state index in [0.29, 0.717) is 0 Å². The fraction of sp³-hybridized carbons (Fsp3) is 1.00. The van der Waals surface area contributed by atoms with E-state index in [1.165, 1.54) is 321 Å². The van der Waals surface area contributed by atoms with E-state index in [0.717, 1.165) is 0 Å². The lowest BCUT2D eigenvalue weighted by Gasteiger charge is -2.28. The smallest absolute Gasteiger partial charge is 0.0594 e. The minimum atomic E-state index is -0.795. The predicted molar refractivity (Wildman–Crippen MR) is 298 cm³/mol. The molecular weight excluding hydrogens is 776 g/mol. The van der Waals surface area contributed by atoms with Crippen molar-refractivity contribution in [2.75, 3.05) is 24.6 Å². The first-order valence-electron chi connectivity index (χ1n) is 31.1. The molecule has 0 saturated carbocycles. The van der Waals surface area contributed by atoms with E-state index in [-0.39, 0.29) is 0 Å². The molecule has 0 unspecified atom stereocenters. The van der Waals surface area contributed by atoms with Gasteiger partial charge in [0.05, 0.1) is 24.6 Å². The quantitative estimate of drug-likeness (QED) is 0.0421. The molecule has 63 heavy (non-hydrogen) atoms. The summed E-state index contributed by atoms with van der Waals surface area (Å²) in [7, 11) is -0.795. The zero-order chi connectivity index (χ0) is 45.5. The lowest BCUT2D eigenvalue weighted by atomic mass is 10.0. The highest BCUT2D eigenvalue weighted by Crippen LogP contribution is 2.61. The van der Waals surface area contributed by atoms with Crippen LogP contribution in [-0.2, 0) is 0 Å². The normalized spacial score (nSPS) is 12.0. The molecule has 0 aliphatic rings. The van der Waals surface area contributed by atoms with Crippen LogP contribution in [0, 0.1) is 0 Å². The Bertz CT molecular complexity index is 680. The molecular formula is C62H128P+. The summed E-state index contributed by atoms with van der Waals surface area (Å²) >= 11 is 0. The first kappa shape index (κ1) is 63.4. The summed E-state index contributed by atoms with van der Waals surface area (Å²) in [6.07, 6.45) is 87.2. The van der Waals surface area contributed by atoms with Crippen molar-refractivity contribution in [3.05, 3.63) is 0 Å². The van der Waals surface area contributed by atoms with Crippen LogP contribution in [0.25, 0.3) is 0 Å². The molecule has 0 saturated heterocycles. The Hall–Kier alpha value is 0.430. The Kier molecular flexibility index (Phi) is 57.1. The van der Waals surface area contributed by atoms with Gasteiger partial charge in [0.25, 0.3) is 0 Å². The van der Waals surface area contributed by atoms with Crippen molar-refractivity contribution in [1.82, 2.24) is 0 Å². The van der Waals surface area contributed by atoms with E-state index in [9.17, 15) is 0 Å². The maximum Gasteiger partial charge on any atom is 0.0594 e. The van der Waals surface area contributed by atoms with Crippen LogP contribution in [-0.4, -0.2) is 24.6 Å². The molecule has 1 heteroatoms. The molecule has 0 aromatic rings. The van der Waals surface area contributed by atoms with Gasteiger partial charge in [-0.25, -0.2) is 0 Å². The van der Waals surface area contributed by atoms with E-state index < -0.39 is 7.26 Å². The van der Waals surface area contributed by atoms with Crippen molar-refractivity contribution in [2.45, 2.75) is 374 Å². The maximum atomic E-state index is 2.43. The average molecular weight is 905 g/mol. The van der Waals surface area contributed by atoms with Crippen molar-refractivity contribution in [2.24, 2.45) is 0 Å². The summed E-state index contributed by atoms with van der Waals surface area (Å²) in [4.78, 5) is 0. The second-order valence-electron chi connectivity index (χ2n) is 21.9. The average Bonchev–Trinajstić information content (AvgIpc) is 3.29. The van der Waals surface area contributed by atoms with E-state index in [1.807, 2.05) is 0 Å². The van der Waals surface area contributed by atoms with Crippen LogP contribution in [0.15, 0.2) is 0 Å². The van der Waals surface area contributed by atoms with Gasteiger partial charge in [0.15, 0.2) is 0 Å². The molecule has 0 N–H and O–H groups in total. The van der Waals surface area contributed by atoms with Crippen molar-refractivity contribution in [3.8, 4) is 0 Å². The minimum Gasteiger partial charge on any atom is -0.0654 e. The maximum absolute atomic E-state index is 2.43. The van der Waals surface area contributed by atoms with Crippen LogP contribution in [0.1, 0.15) is 374 Å². The van der Waals surface area contributed by atoms with E-state index in [2.05, 4.69) is 27.7 Å². The van der Waals surface area contributed by atoms with Crippen LogP contribution in [0.5, 0.6) is 0 Å². The third-order valence-corrected chi connectivity index (χ3v) is 20.5. The second-order valence-corrected chi connectivity index (χ2v) is 26.4. The van der Waals surface area contributed by atoms with Crippen molar-refractivity contribution in [1.29, 1.82) is 0 Å². The molecule has 0 nitrogen and oxygen atoms in total. The first-order chi connectivity index (χ1) is 31.2. The number of unbranched alkanes of at least 4 members (excludes halogenated alkanes) is 50. The topological polar surface area (TPSA) is 0 Å². The number of hydrogen-bond acceptors (Lipinski definition) is 0. The van der Waals surface area contributed by atoms with Crippen LogP contribution >= 0.6 is 7.26 Å². The molecule has 0 amide bonds. The first-order valence-corrected chi connectivity index (χ1v) is 33.6. The summed E-state index contributed by atoms with van der Waals surface area (Å²) in [6.45, 7) is 9.41. The Labute approximate surface area is 404 Å². The summed E-state index contributed by atoms with van der Waals surface area (Å²) in [6, 6.07) is 0. The van der Waals surface area contributed by atoms with Gasteiger partial charge in [-0.1, -0.05) is 329 Å². The van der Waals surface area contributed by atoms with Gasteiger partial charge in [0, 0.05) is 7.26 Å². The monoisotopic (exact) mass is 904 g/mol. The molecule has 0 radical (unpaired) electrons. The van der Waals surface area contributed by atoms with Gasteiger partial charge >= 0.3 is 0 Å². The summed E-state index contributed by atoms with van der Waals surface area (Å²) in [5.41, 5.74) is 0. The van der Waals surface area contributed by atoms with E-state index in [4.69, 9.17) is 0 Å². The van der Waals surface area contributed by atoms with Crippen molar-refractivity contribution < 1.29 is 0 Å². The zero-order valence-electron chi connectivity index (χ0n) is 45.5. The van der Waals surface area contributed by atoms with Crippen LogP contribution in [0.4, 0.5) is 0 Å². The molecule has 0 aromatic carbocycles. The Morgan fingerprint density at radius 2 is 0.222 bits per heavy atom. The molecule has 0 rings (SSSR count). The molecule has 0 fully saturated rings. The molecule has 380 valence electrons. The zero-order valence-corrected chi connectivity index (χ0v) is 46.4. The third kappa shape index (κ3) is 51.7. The highest BCUT2D eigenvalue weighted by molar-refractivity contribution is 7.75. The standard InChI is InChI=1S/C62H128P/c1-5-9-13-16-19-22-25-28-31-34-37-40-43-46-49-52-56-60-63(59-55-12-8-4,61-57-53-50-47-44-41-38-35-32-29-26-23-20-17-14-10-6-2)62-58-54-51-48-45-42-39-36-33-30-27-24-21-18-15-11-7-3/h5-62H2,1-4H3/q+1. The predicted octanol–water partition coefficient (Wildman–Crippen LogP) is 24.1. The highest BCUT2D eigenvalue weighted by Gasteiger charge is 2.35. The van der Waals surface area contributed by atoms with Gasteiger partial charge in [-0.15, -0.1) is 0 Å². The van der Waals surface area contributed by atoms with Gasteiger partial charge in [-0.05, 0) is 44.9 Å². The molecule has 0 aliphatic carbocycles.